The molecule has 2 aromatic rings. The zero-order valence-electron chi connectivity index (χ0n) is 8.85. The van der Waals surface area contributed by atoms with Crippen molar-refractivity contribution in [1.29, 1.82) is 0 Å². The van der Waals surface area contributed by atoms with Crippen molar-refractivity contribution >= 4 is 0 Å². The number of aromatic hydroxyl groups is 1. The van der Waals surface area contributed by atoms with Crippen LogP contribution >= 0.6 is 0 Å². The van der Waals surface area contributed by atoms with Gasteiger partial charge in [-0.25, -0.2) is 0 Å². The number of phenolic OH excluding ortho intramolecular Hbond substituents is 1. The minimum Gasteiger partial charge on any atom is -0.508 e. The maximum Gasteiger partial charge on any atom is 0.119 e. The summed E-state index contributed by atoms with van der Waals surface area (Å²) in [5.74, 6) is 6.42. The normalized spacial score (nSPS) is 9.25. The largest absolute Gasteiger partial charge is 0.508 e. The Morgan fingerprint density at radius 2 is 1.56 bits per heavy atom. The Bertz CT molecular complexity index is 518. The Morgan fingerprint density at radius 1 is 0.875 bits per heavy atom. The Kier molecular flexibility index (Phi) is 3.25. The average molecular weight is 208 g/mol. The van der Waals surface area contributed by atoms with Crippen LogP contribution in [0.2, 0.25) is 0 Å². The average Bonchev–Trinajstić information content (AvgIpc) is 2.33. The Balaban J connectivity index is 2.09. The van der Waals surface area contributed by atoms with Crippen LogP contribution in [0, 0.1) is 11.8 Å². The van der Waals surface area contributed by atoms with E-state index in [9.17, 15) is 5.11 Å². The van der Waals surface area contributed by atoms with Gasteiger partial charge >= 0.3 is 0 Å². The SMILES string of the molecule is Oc1ccccc1CC#Cc1ccccc1. The summed E-state index contributed by atoms with van der Waals surface area (Å²) in [7, 11) is 0. The van der Waals surface area contributed by atoms with E-state index < -0.39 is 0 Å². The smallest absolute Gasteiger partial charge is 0.119 e. The summed E-state index contributed by atoms with van der Waals surface area (Å²) in [6, 6.07) is 17.1. The Morgan fingerprint density at radius 3 is 2.31 bits per heavy atom. The van der Waals surface area contributed by atoms with Crippen molar-refractivity contribution in [2.75, 3.05) is 0 Å². The van der Waals surface area contributed by atoms with Crippen molar-refractivity contribution < 1.29 is 5.11 Å². The van der Waals surface area contributed by atoms with E-state index in [0.717, 1.165) is 11.1 Å². The summed E-state index contributed by atoms with van der Waals surface area (Å²) >= 11 is 0. The molecule has 0 spiro atoms. The van der Waals surface area contributed by atoms with Gasteiger partial charge in [0, 0.05) is 17.5 Å². The predicted molar refractivity (Wildman–Crippen MR) is 65.1 cm³/mol. The van der Waals surface area contributed by atoms with Gasteiger partial charge in [0.1, 0.15) is 5.75 Å². The van der Waals surface area contributed by atoms with Gasteiger partial charge in [0.05, 0.1) is 0 Å². The molecule has 0 saturated heterocycles. The third kappa shape index (κ3) is 2.65. The summed E-state index contributed by atoms with van der Waals surface area (Å²) in [4.78, 5) is 0. The molecule has 0 aromatic heterocycles. The number of rotatable bonds is 1. The van der Waals surface area contributed by atoms with Crippen molar-refractivity contribution in [2.45, 2.75) is 6.42 Å². The molecule has 78 valence electrons. The van der Waals surface area contributed by atoms with Gasteiger partial charge in [-0.05, 0) is 18.2 Å². The lowest BCUT2D eigenvalue weighted by Gasteiger charge is -1.97. The van der Waals surface area contributed by atoms with Gasteiger partial charge in [-0.15, -0.1) is 0 Å². The molecule has 1 nitrogen and oxygen atoms in total. The summed E-state index contributed by atoms with van der Waals surface area (Å²) in [6.45, 7) is 0. The van der Waals surface area contributed by atoms with E-state index >= 15 is 0 Å². The predicted octanol–water partition coefficient (Wildman–Crippen LogP) is 2.99. The van der Waals surface area contributed by atoms with E-state index in [1.54, 1.807) is 6.07 Å². The van der Waals surface area contributed by atoms with E-state index in [4.69, 9.17) is 0 Å². The first-order valence-electron chi connectivity index (χ1n) is 5.17. The number of para-hydroxylation sites is 1. The van der Waals surface area contributed by atoms with E-state index in [1.165, 1.54) is 0 Å². The highest BCUT2D eigenvalue weighted by Crippen LogP contribution is 2.15. The number of benzene rings is 2. The van der Waals surface area contributed by atoms with Gasteiger partial charge < -0.3 is 5.11 Å². The van der Waals surface area contributed by atoms with E-state index in [-0.39, 0.29) is 0 Å². The lowest BCUT2D eigenvalue weighted by molar-refractivity contribution is 0.470. The summed E-state index contributed by atoms with van der Waals surface area (Å²) < 4.78 is 0. The standard InChI is InChI=1S/C15H12O/c16-15-12-5-4-10-14(15)11-6-9-13-7-2-1-3-8-13/h1-5,7-8,10,12,16H,11H2. The molecular formula is C15H12O. The van der Waals surface area contributed by atoms with Gasteiger partial charge in [0.25, 0.3) is 0 Å². The van der Waals surface area contributed by atoms with Crippen LogP contribution in [-0.2, 0) is 6.42 Å². The van der Waals surface area contributed by atoms with Gasteiger partial charge in [0.2, 0.25) is 0 Å². The van der Waals surface area contributed by atoms with E-state index in [2.05, 4.69) is 11.8 Å². The van der Waals surface area contributed by atoms with Crippen LogP contribution < -0.4 is 0 Å². The highest BCUT2D eigenvalue weighted by Gasteiger charge is 1.95. The maximum atomic E-state index is 9.54. The zero-order chi connectivity index (χ0) is 11.2. The second-order valence-electron chi connectivity index (χ2n) is 3.47. The Labute approximate surface area is 95.4 Å². The first kappa shape index (κ1) is 10.3. The van der Waals surface area contributed by atoms with Crippen LogP contribution in [0.1, 0.15) is 11.1 Å². The molecular weight excluding hydrogens is 196 g/mol. The topological polar surface area (TPSA) is 20.2 Å². The molecule has 0 aliphatic heterocycles. The summed E-state index contributed by atoms with van der Waals surface area (Å²) in [6.07, 6.45) is 0.571. The molecule has 0 aliphatic carbocycles. The third-order valence-electron chi connectivity index (χ3n) is 2.28. The second kappa shape index (κ2) is 5.04. The number of hydrogen-bond acceptors (Lipinski definition) is 1. The van der Waals surface area contributed by atoms with Crippen molar-refractivity contribution in [3.63, 3.8) is 0 Å². The molecule has 0 radical (unpaired) electrons. The first-order chi connectivity index (χ1) is 7.86. The van der Waals surface area contributed by atoms with Gasteiger partial charge in [-0.3, -0.25) is 0 Å². The van der Waals surface area contributed by atoms with E-state index in [0.29, 0.717) is 12.2 Å². The lowest BCUT2D eigenvalue weighted by atomic mass is 10.1. The molecule has 16 heavy (non-hydrogen) atoms. The van der Waals surface area contributed by atoms with Crippen LogP contribution in [0.25, 0.3) is 0 Å². The van der Waals surface area contributed by atoms with Crippen molar-refractivity contribution in [3.8, 4) is 17.6 Å². The number of phenols is 1. The third-order valence-corrected chi connectivity index (χ3v) is 2.28. The van der Waals surface area contributed by atoms with Gasteiger partial charge in [-0.1, -0.05) is 48.2 Å². The maximum absolute atomic E-state index is 9.54. The molecule has 0 fully saturated rings. The van der Waals surface area contributed by atoms with E-state index in [1.807, 2.05) is 48.5 Å². The van der Waals surface area contributed by atoms with Gasteiger partial charge in [-0.2, -0.15) is 0 Å². The molecule has 0 aliphatic rings. The van der Waals surface area contributed by atoms with Crippen LogP contribution in [0.4, 0.5) is 0 Å². The second-order valence-corrected chi connectivity index (χ2v) is 3.47. The van der Waals surface area contributed by atoms with Crippen LogP contribution in [0.15, 0.2) is 54.6 Å². The van der Waals surface area contributed by atoms with Crippen LogP contribution in [0.5, 0.6) is 5.75 Å². The van der Waals surface area contributed by atoms with Crippen molar-refractivity contribution in [2.24, 2.45) is 0 Å². The fourth-order valence-electron chi connectivity index (χ4n) is 1.42. The number of hydrogen-bond donors (Lipinski definition) is 1. The van der Waals surface area contributed by atoms with Crippen molar-refractivity contribution in [1.82, 2.24) is 0 Å². The Hall–Kier alpha value is -2.20. The van der Waals surface area contributed by atoms with Crippen molar-refractivity contribution in [3.05, 3.63) is 65.7 Å². The lowest BCUT2D eigenvalue weighted by Crippen LogP contribution is -1.82. The molecule has 1 N–H and O–H groups in total. The molecule has 0 amide bonds. The summed E-state index contributed by atoms with van der Waals surface area (Å²) in [5, 5.41) is 9.54. The van der Waals surface area contributed by atoms with Crippen LogP contribution in [0.3, 0.4) is 0 Å². The van der Waals surface area contributed by atoms with Gasteiger partial charge in [0.15, 0.2) is 0 Å². The molecule has 0 heterocycles. The monoisotopic (exact) mass is 208 g/mol. The molecule has 0 atom stereocenters. The first-order valence-corrected chi connectivity index (χ1v) is 5.17. The van der Waals surface area contributed by atoms with Crippen LogP contribution in [-0.4, -0.2) is 5.11 Å². The fraction of sp³-hybridized carbons (Fsp3) is 0.0667. The highest BCUT2D eigenvalue weighted by atomic mass is 16.3. The quantitative estimate of drug-likeness (QED) is 0.714. The highest BCUT2D eigenvalue weighted by molar-refractivity contribution is 5.38. The molecule has 0 saturated carbocycles. The molecule has 2 rings (SSSR count). The minimum atomic E-state index is 0.310. The molecule has 0 unspecified atom stereocenters. The molecule has 0 bridgehead atoms. The molecule has 2 aromatic carbocycles. The zero-order valence-corrected chi connectivity index (χ0v) is 8.85. The minimum absolute atomic E-state index is 0.310. The fourth-order valence-corrected chi connectivity index (χ4v) is 1.42. The summed E-state index contributed by atoms with van der Waals surface area (Å²) in [5.41, 5.74) is 1.86. The molecule has 1 heteroatoms.